The Kier molecular flexibility index (Phi) is 7.89. The minimum Gasteiger partial charge on any atom is -0.310 e. The Morgan fingerprint density at radius 2 is 0.772 bits per heavy atom. The van der Waals surface area contributed by atoms with Crippen molar-refractivity contribution in [2.24, 2.45) is 0 Å². The molecule has 0 bridgehead atoms. The molecule has 266 valence electrons. The maximum atomic E-state index is 2.45. The summed E-state index contributed by atoms with van der Waals surface area (Å²) >= 11 is 0. The number of anilines is 3. The van der Waals surface area contributed by atoms with Crippen LogP contribution in [0.5, 0.6) is 0 Å². The molecule has 0 saturated carbocycles. The van der Waals surface area contributed by atoms with Crippen molar-refractivity contribution < 1.29 is 0 Å². The Bertz CT molecular complexity index is 3290. The van der Waals surface area contributed by atoms with Gasteiger partial charge in [-0.1, -0.05) is 188 Å². The van der Waals surface area contributed by atoms with Crippen molar-refractivity contribution in [2.75, 3.05) is 4.90 Å². The third kappa shape index (κ3) is 5.72. The lowest BCUT2D eigenvalue weighted by Crippen LogP contribution is -2.11. The van der Waals surface area contributed by atoms with Gasteiger partial charge < -0.3 is 4.90 Å². The Morgan fingerprint density at radius 3 is 1.54 bits per heavy atom. The van der Waals surface area contributed by atoms with Crippen LogP contribution in [-0.4, -0.2) is 0 Å². The van der Waals surface area contributed by atoms with Gasteiger partial charge in [-0.2, -0.15) is 0 Å². The SMILES string of the molecule is c1ccc(-c2cccc(N(c3ccc(-c4ccc5ccc6c7ccccc7ccc6c5c4)c(-c4ccccc4)c3)c3cc4ccccc4c4ccccc34)c2)cc1. The Balaban J connectivity index is 1.16. The van der Waals surface area contributed by atoms with Gasteiger partial charge in [0.1, 0.15) is 0 Å². The van der Waals surface area contributed by atoms with Crippen LogP contribution in [0.4, 0.5) is 17.1 Å². The molecular formula is C56H37N. The third-order valence-corrected chi connectivity index (χ3v) is 11.6. The van der Waals surface area contributed by atoms with E-state index in [2.05, 4.69) is 229 Å². The van der Waals surface area contributed by atoms with E-state index in [0.29, 0.717) is 0 Å². The fraction of sp³-hybridized carbons (Fsp3) is 0. The van der Waals surface area contributed by atoms with E-state index in [0.717, 1.165) is 17.1 Å². The van der Waals surface area contributed by atoms with Gasteiger partial charge in [-0.3, -0.25) is 0 Å². The number of fused-ring (bicyclic) bond motifs is 8. The lowest BCUT2D eigenvalue weighted by Gasteiger charge is -2.29. The van der Waals surface area contributed by atoms with E-state index >= 15 is 0 Å². The molecule has 0 saturated heterocycles. The Labute approximate surface area is 332 Å². The molecule has 57 heavy (non-hydrogen) atoms. The van der Waals surface area contributed by atoms with Crippen LogP contribution in [0.15, 0.2) is 224 Å². The van der Waals surface area contributed by atoms with E-state index in [4.69, 9.17) is 0 Å². The zero-order chi connectivity index (χ0) is 37.7. The van der Waals surface area contributed by atoms with Crippen LogP contribution in [0.25, 0.3) is 87.2 Å². The van der Waals surface area contributed by atoms with Crippen molar-refractivity contribution in [3.05, 3.63) is 224 Å². The highest BCUT2D eigenvalue weighted by atomic mass is 15.1. The first-order valence-electron chi connectivity index (χ1n) is 19.7. The summed E-state index contributed by atoms with van der Waals surface area (Å²) in [5, 5.41) is 12.5. The van der Waals surface area contributed by atoms with Crippen molar-refractivity contribution >= 4 is 70.9 Å². The zero-order valence-electron chi connectivity index (χ0n) is 31.3. The van der Waals surface area contributed by atoms with Crippen molar-refractivity contribution in [3.63, 3.8) is 0 Å². The normalized spacial score (nSPS) is 11.5. The first-order chi connectivity index (χ1) is 28.3. The fourth-order valence-electron chi connectivity index (χ4n) is 8.87. The molecular weight excluding hydrogens is 687 g/mol. The Morgan fingerprint density at radius 1 is 0.228 bits per heavy atom. The van der Waals surface area contributed by atoms with Crippen molar-refractivity contribution in [1.29, 1.82) is 0 Å². The molecule has 0 unspecified atom stereocenters. The van der Waals surface area contributed by atoms with Crippen LogP contribution >= 0.6 is 0 Å². The molecule has 11 aromatic rings. The summed E-state index contributed by atoms with van der Waals surface area (Å²) in [6.45, 7) is 0. The molecule has 1 nitrogen and oxygen atoms in total. The summed E-state index contributed by atoms with van der Waals surface area (Å²) in [6.07, 6.45) is 0. The van der Waals surface area contributed by atoms with Crippen molar-refractivity contribution in [3.8, 4) is 33.4 Å². The van der Waals surface area contributed by atoms with Crippen molar-refractivity contribution in [2.45, 2.75) is 0 Å². The largest absolute Gasteiger partial charge is 0.310 e. The van der Waals surface area contributed by atoms with E-state index in [-0.39, 0.29) is 0 Å². The highest BCUT2D eigenvalue weighted by Gasteiger charge is 2.20. The number of hydrogen-bond donors (Lipinski definition) is 0. The van der Waals surface area contributed by atoms with Crippen LogP contribution < -0.4 is 4.90 Å². The second-order valence-corrected chi connectivity index (χ2v) is 14.9. The van der Waals surface area contributed by atoms with Gasteiger partial charge in [-0.05, 0) is 118 Å². The van der Waals surface area contributed by atoms with Crippen LogP contribution in [0.3, 0.4) is 0 Å². The smallest absolute Gasteiger partial charge is 0.0546 e. The van der Waals surface area contributed by atoms with Gasteiger partial charge in [0.2, 0.25) is 0 Å². The van der Waals surface area contributed by atoms with E-state index in [1.165, 1.54) is 87.2 Å². The molecule has 0 aliphatic carbocycles. The second kappa shape index (κ2) is 13.7. The fourth-order valence-corrected chi connectivity index (χ4v) is 8.87. The van der Waals surface area contributed by atoms with Gasteiger partial charge in [-0.25, -0.2) is 0 Å². The maximum Gasteiger partial charge on any atom is 0.0546 e. The average Bonchev–Trinajstić information content (AvgIpc) is 3.29. The molecule has 0 aliphatic heterocycles. The van der Waals surface area contributed by atoms with Crippen LogP contribution in [0.2, 0.25) is 0 Å². The number of nitrogens with zero attached hydrogens (tertiary/aromatic N) is 1. The molecule has 0 fully saturated rings. The van der Waals surface area contributed by atoms with Gasteiger partial charge in [0, 0.05) is 16.8 Å². The topological polar surface area (TPSA) is 3.24 Å². The van der Waals surface area contributed by atoms with E-state index < -0.39 is 0 Å². The van der Waals surface area contributed by atoms with E-state index in [9.17, 15) is 0 Å². The first kappa shape index (κ1) is 32.9. The number of rotatable bonds is 6. The quantitative estimate of drug-likeness (QED) is 0.154. The van der Waals surface area contributed by atoms with Crippen LogP contribution in [0.1, 0.15) is 0 Å². The van der Waals surface area contributed by atoms with E-state index in [1.807, 2.05) is 0 Å². The minimum absolute atomic E-state index is 1.10. The van der Waals surface area contributed by atoms with Gasteiger partial charge in [0.15, 0.2) is 0 Å². The molecule has 0 amide bonds. The molecule has 1 heteroatoms. The lowest BCUT2D eigenvalue weighted by molar-refractivity contribution is 1.30. The van der Waals surface area contributed by atoms with Gasteiger partial charge >= 0.3 is 0 Å². The first-order valence-corrected chi connectivity index (χ1v) is 19.7. The lowest BCUT2D eigenvalue weighted by atomic mass is 9.90. The van der Waals surface area contributed by atoms with Crippen molar-refractivity contribution in [1.82, 2.24) is 0 Å². The van der Waals surface area contributed by atoms with Gasteiger partial charge in [-0.15, -0.1) is 0 Å². The number of benzene rings is 11. The summed E-state index contributed by atoms with van der Waals surface area (Å²) in [5.41, 5.74) is 10.5. The minimum atomic E-state index is 1.10. The summed E-state index contributed by atoms with van der Waals surface area (Å²) in [6, 6.07) is 82.2. The summed E-state index contributed by atoms with van der Waals surface area (Å²) in [4.78, 5) is 2.45. The molecule has 11 aromatic carbocycles. The molecule has 0 spiro atoms. The molecule has 11 rings (SSSR count). The summed E-state index contributed by atoms with van der Waals surface area (Å²) in [5.74, 6) is 0. The summed E-state index contributed by atoms with van der Waals surface area (Å²) in [7, 11) is 0. The van der Waals surface area contributed by atoms with Crippen LogP contribution in [-0.2, 0) is 0 Å². The summed E-state index contributed by atoms with van der Waals surface area (Å²) < 4.78 is 0. The number of hydrogen-bond acceptors (Lipinski definition) is 1. The predicted molar refractivity (Wildman–Crippen MR) is 245 cm³/mol. The zero-order valence-corrected chi connectivity index (χ0v) is 31.3. The predicted octanol–water partition coefficient (Wildman–Crippen LogP) is 15.9. The standard InChI is InChI=1S/C56H37N/c1-3-14-38(15-4-1)42-20-13-21-45(34-42)57(56-36-43-19-8-10-23-48(43)50-24-11-12-25-53(50)56)46-30-33-49(55(37-46)39-16-5-2-6-17-39)44-27-26-41-29-31-51-47-22-9-7-18-40(47)28-32-52(51)54(41)35-44/h1-37H. The van der Waals surface area contributed by atoms with Gasteiger partial charge in [0.25, 0.3) is 0 Å². The van der Waals surface area contributed by atoms with Crippen LogP contribution in [0, 0.1) is 0 Å². The maximum absolute atomic E-state index is 2.45. The Hall–Kier alpha value is -7.48. The molecule has 0 atom stereocenters. The molecule has 0 aromatic heterocycles. The highest BCUT2D eigenvalue weighted by molar-refractivity contribution is 6.18. The third-order valence-electron chi connectivity index (χ3n) is 11.6. The van der Waals surface area contributed by atoms with E-state index in [1.54, 1.807) is 0 Å². The molecule has 0 heterocycles. The monoisotopic (exact) mass is 723 g/mol. The average molecular weight is 724 g/mol. The molecule has 0 radical (unpaired) electrons. The molecule has 0 aliphatic rings. The second-order valence-electron chi connectivity index (χ2n) is 14.9. The van der Waals surface area contributed by atoms with Gasteiger partial charge in [0.05, 0.1) is 5.69 Å². The molecule has 0 N–H and O–H groups in total. The highest BCUT2D eigenvalue weighted by Crippen LogP contribution is 2.46.